The van der Waals surface area contributed by atoms with E-state index < -0.39 is 29.8 Å². The van der Waals surface area contributed by atoms with Crippen LogP contribution in [-0.4, -0.2) is 50.4 Å². The number of likely N-dealkylation sites (N-methyl/N-ethyl adjacent to an activating group) is 1. The lowest BCUT2D eigenvalue weighted by Crippen LogP contribution is -2.70. The molecule has 1 aliphatic heterocycles. The van der Waals surface area contributed by atoms with Gasteiger partial charge in [-0.1, -0.05) is 30.7 Å². The van der Waals surface area contributed by atoms with Crippen molar-refractivity contribution in [1.29, 1.82) is 0 Å². The Bertz CT molecular complexity index is 1340. The average molecular weight is 524 g/mol. The zero-order valence-electron chi connectivity index (χ0n) is 21.2. The molecule has 0 aliphatic carbocycles. The predicted octanol–water partition coefficient (Wildman–Crippen LogP) is 3.25. The molecule has 2 aromatic heterocycles. The van der Waals surface area contributed by atoms with Gasteiger partial charge in [0.05, 0.1) is 12.0 Å². The second-order valence-electron chi connectivity index (χ2n) is 9.15. The molecule has 3 atom stereocenters. The molecule has 0 saturated carbocycles. The summed E-state index contributed by atoms with van der Waals surface area (Å²) in [5, 5.41) is 3.52. The van der Waals surface area contributed by atoms with Crippen molar-refractivity contribution in [3.63, 3.8) is 0 Å². The first-order chi connectivity index (χ1) is 17.6. The first-order valence-electron chi connectivity index (χ1n) is 12.0. The van der Waals surface area contributed by atoms with Crippen molar-refractivity contribution in [2.45, 2.75) is 38.8 Å². The van der Waals surface area contributed by atoms with Gasteiger partial charge in [-0.3, -0.25) is 19.4 Å². The summed E-state index contributed by atoms with van der Waals surface area (Å²) >= 11 is 6.30. The summed E-state index contributed by atoms with van der Waals surface area (Å²) in [7, 11) is 3.34. The van der Waals surface area contributed by atoms with Gasteiger partial charge in [-0.25, -0.2) is 14.8 Å². The van der Waals surface area contributed by atoms with E-state index in [1.165, 1.54) is 4.90 Å². The molecule has 1 fully saturated rings. The Labute approximate surface area is 220 Å². The molecule has 11 heteroatoms. The van der Waals surface area contributed by atoms with Gasteiger partial charge in [-0.2, -0.15) is 0 Å². The van der Waals surface area contributed by atoms with Crippen LogP contribution in [0.4, 0.5) is 16.6 Å². The number of hydrogen-bond donors (Lipinski definition) is 2. The van der Waals surface area contributed by atoms with Gasteiger partial charge in [-0.15, -0.1) is 0 Å². The number of hydrogen-bond acceptors (Lipinski definition) is 6. The maximum atomic E-state index is 13.7. The second kappa shape index (κ2) is 10.6. The number of urea groups is 1. The van der Waals surface area contributed by atoms with Crippen LogP contribution in [0.15, 0.2) is 48.9 Å². The third-order valence-electron chi connectivity index (χ3n) is 6.80. The molecule has 0 radical (unpaired) electrons. The molecule has 4 rings (SSSR count). The van der Waals surface area contributed by atoms with E-state index in [0.717, 1.165) is 21.6 Å². The normalized spacial score (nSPS) is 17.8. The van der Waals surface area contributed by atoms with Gasteiger partial charge in [-0.05, 0) is 54.7 Å². The Morgan fingerprint density at radius 2 is 2.00 bits per heavy atom. The number of imide groups is 1. The standard InChI is InChI=1S/C26H30ClN7O3/c1-5-20(17-7-6-8-19(27)15(17)2)31-26(37)34-22(24(36)33(4)25-30-11-12-32(25)3)18(23(34)35)13-16-9-10-29-21(28)14-16/h6-12,14,18,20,22H,5,13H2,1-4H3,(H2,28,29)(H,31,37)/t18-,20?,22+/m1/s1. The maximum Gasteiger partial charge on any atom is 0.325 e. The van der Waals surface area contributed by atoms with E-state index >= 15 is 0 Å². The van der Waals surface area contributed by atoms with Gasteiger partial charge in [0.2, 0.25) is 11.9 Å². The van der Waals surface area contributed by atoms with E-state index in [2.05, 4.69) is 15.3 Å². The highest BCUT2D eigenvalue weighted by Crippen LogP contribution is 2.34. The van der Waals surface area contributed by atoms with E-state index in [0.29, 0.717) is 23.2 Å². The average Bonchev–Trinajstić information content (AvgIpc) is 3.30. The molecule has 1 unspecified atom stereocenters. The van der Waals surface area contributed by atoms with Gasteiger partial charge in [0.25, 0.3) is 5.91 Å². The number of halogens is 1. The van der Waals surface area contributed by atoms with Crippen molar-refractivity contribution >= 4 is 41.2 Å². The number of amides is 4. The monoisotopic (exact) mass is 523 g/mol. The topological polar surface area (TPSA) is 126 Å². The van der Waals surface area contributed by atoms with E-state index in [1.54, 1.807) is 55.5 Å². The van der Waals surface area contributed by atoms with Crippen LogP contribution in [0.25, 0.3) is 0 Å². The molecular weight excluding hydrogens is 494 g/mol. The zero-order valence-corrected chi connectivity index (χ0v) is 21.9. The summed E-state index contributed by atoms with van der Waals surface area (Å²) in [5.41, 5.74) is 8.27. The molecule has 194 valence electrons. The Kier molecular flexibility index (Phi) is 7.49. The van der Waals surface area contributed by atoms with E-state index in [1.807, 2.05) is 26.0 Å². The van der Waals surface area contributed by atoms with Crippen LogP contribution in [-0.2, 0) is 23.1 Å². The third kappa shape index (κ3) is 5.01. The molecule has 10 nitrogen and oxygen atoms in total. The number of nitrogens with one attached hydrogen (secondary N) is 1. The molecule has 37 heavy (non-hydrogen) atoms. The van der Waals surface area contributed by atoms with Gasteiger partial charge in [0, 0.05) is 37.7 Å². The van der Waals surface area contributed by atoms with Crippen molar-refractivity contribution < 1.29 is 14.4 Å². The van der Waals surface area contributed by atoms with Crippen LogP contribution in [0.1, 0.15) is 36.1 Å². The Balaban J connectivity index is 1.62. The molecular formula is C26H30ClN7O3. The Morgan fingerprint density at radius 1 is 1.24 bits per heavy atom. The van der Waals surface area contributed by atoms with Crippen LogP contribution < -0.4 is 16.0 Å². The summed E-state index contributed by atoms with van der Waals surface area (Å²) in [6, 6.07) is 6.86. The van der Waals surface area contributed by atoms with E-state index in [-0.39, 0.29) is 12.5 Å². The van der Waals surface area contributed by atoms with Gasteiger partial charge < -0.3 is 15.6 Å². The molecule has 4 amide bonds. The fourth-order valence-electron chi connectivity index (χ4n) is 4.73. The molecule has 3 N–H and O–H groups in total. The predicted molar refractivity (Wildman–Crippen MR) is 141 cm³/mol. The summed E-state index contributed by atoms with van der Waals surface area (Å²) in [4.78, 5) is 51.0. The highest BCUT2D eigenvalue weighted by atomic mass is 35.5. The first kappa shape index (κ1) is 26.2. The lowest BCUT2D eigenvalue weighted by atomic mass is 9.81. The minimum absolute atomic E-state index is 0.241. The van der Waals surface area contributed by atoms with Crippen LogP contribution in [0.5, 0.6) is 0 Å². The number of aryl methyl sites for hydroxylation is 1. The smallest absolute Gasteiger partial charge is 0.325 e. The zero-order chi connectivity index (χ0) is 26.9. The Hall–Kier alpha value is -3.92. The number of pyridine rings is 1. The quantitative estimate of drug-likeness (QED) is 0.458. The van der Waals surface area contributed by atoms with Crippen LogP contribution in [0.2, 0.25) is 5.02 Å². The summed E-state index contributed by atoms with van der Waals surface area (Å²) in [6.07, 6.45) is 5.65. The molecule has 1 aliphatic rings. The highest BCUT2D eigenvalue weighted by Gasteiger charge is 2.55. The second-order valence-corrected chi connectivity index (χ2v) is 9.56. The van der Waals surface area contributed by atoms with Crippen molar-refractivity contribution in [3.05, 3.63) is 70.6 Å². The van der Waals surface area contributed by atoms with Crippen LogP contribution >= 0.6 is 11.6 Å². The van der Waals surface area contributed by atoms with E-state index in [4.69, 9.17) is 17.3 Å². The number of aromatic nitrogens is 3. The minimum atomic E-state index is -1.01. The van der Waals surface area contributed by atoms with Crippen molar-refractivity contribution in [1.82, 2.24) is 24.8 Å². The molecule has 3 aromatic rings. The van der Waals surface area contributed by atoms with Gasteiger partial charge in [0.1, 0.15) is 11.9 Å². The number of imidazole rings is 1. The van der Waals surface area contributed by atoms with Crippen molar-refractivity contribution in [2.75, 3.05) is 17.7 Å². The lowest BCUT2D eigenvalue weighted by molar-refractivity contribution is -0.156. The largest absolute Gasteiger partial charge is 0.384 e. The molecule has 0 bridgehead atoms. The van der Waals surface area contributed by atoms with Gasteiger partial charge >= 0.3 is 6.03 Å². The number of carbonyl (C=O) groups is 3. The fraction of sp³-hybridized carbons (Fsp3) is 0.346. The minimum Gasteiger partial charge on any atom is -0.384 e. The lowest BCUT2D eigenvalue weighted by Gasteiger charge is -2.45. The number of carbonyl (C=O) groups excluding carboxylic acids is 3. The van der Waals surface area contributed by atoms with Gasteiger partial charge in [0.15, 0.2) is 0 Å². The van der Waals surface area contributed by atoms with E-state index in [9.17, 15) is 14.4 Å². The number of likely N-dealkylation sites (tertiary alicyclic amines) is 1. The number of nitrogen functional groups attached to an aromatic ring is 1. The third-order valence-corrected chi connectivity index (χ3v) is 7.21. The first-order valence-corrected chi connectivity index (χ1v) is 12.4. The number of benzene rings is 1. The number of nitrogens with two attached hydrogens (primary N) is 1. The fourth-order valence-corrected chi connectivity index (χ4v) is 4.91. The Morgan fingerprint density at radius 3 is 2.65 bits per heavy atom. The number of β-lactam (4-membered cyclic amide) rings is 1. The maximum absolute atomic E-state index is 13.7. The van der Waals surface area contributed by atoms with Crippen molar-refractivity contribution in [3.8, 4) is 0 Å². The van der Waals surface area contributed by atoms with Crippen LogP contribution in [0, 0.1) is 12.8 Å². The number of nitrogens with zero attached hydrogens (tertiary/aromatic N) is 5. The summed E-state index contributed by atoms with van der Waals surface area (Å²) < 4.78 is 1.69. The van der Waals surface area contributed by atoms with Crippen molar-refractivity contribution in [2.24, 2.45) is 13.0 Å². The molecule has 3 heterocycles. The number of rotatable bonds is 7. The molecule has 0 spiro atoms. The molecule has 1 saturated heterocycles. The molecule has 1 aromatic carbocycles. The SMILES string of the molecule is CCC(NC(=O)N1C(=O)[C@H](Cc2ccnc(N)c2)[C@H]1C(=O)N(C)c1nccn1C)c1cccc(Cl)c1C. The summed E-state index contributed by atoms with van der Waals surface area (Å²) in [6.45, 7) is 3.81. The highest BCUT2D eigenvalue weighted by molar-refractivity contribution is 6.31. The summed E-state index contributed by atoms with van der Waals surface area (Å²) in [5.74, 6) is -0.872. The number of anilines is 2. The van der Waals surface area contributed by atoms with Crippen LogP contribution in [0.3, 0.4) is 0 Å².